The summed E-state index contributed by atoms with van der Waals surface area (Å²) < 4.78 is 10.4. The third-order valence-corrected chi connectivity index (χ3v) is 4.21. The van der Waals surface area contributed by atoms with Gasteiger partial charge < -0.3 is 14.8 Å². The van der Waals surface area contributed by atoms with E-state index in [1.165, 1.54) is 4.80 Å². The highest BCUT2D eigenvalue weighted by atomic mass is 16.5. The van der Waals surface area contributed by atoms with Crippen LogP contribution in [0, 0.1) is 6.92 Å². The van der Waals surface area contributed by atoms with E-state index in [4.69, 9.17) is 9.47 Å². The minimum Gasteiger partial charge on any atom is -0.496 e. The summed E-state index contributed by atoms with van der Waals surface area (Å²) in [6, 6.07) is 16.8. The molecule has 1 aromatic heterocycles. The van der Waals surface area contributed by atoms with Gasteiger partial charge in [0.15, 0.2) is 12.3 Å². The second-order valence-corrected chi connectivity index (χ2v) is 6.25. The van der Waals surface area contributed by atoms with Crippen molar-refractivity contribution < 1.29 is 19.1 Å². The average Bonchev–Trinajstić information content (AvgIpc) is 3.15. The van der Waals surface area contributed by atoms with Gasteiger partial charge in [-0.25, -0.2) is 4.79 Å². The molecule has 29 heavy (non-hydrogen) atoms. The Kier molecular flexibility index (Phi) is 6.57. The number of para-hydroxylation sites is 2. The van der Waals surface area contributed by atoms with Gasteiger partial charge in [0.2, 0.25) is 0 Å². The Morgan fingerprint density at radius 2 is 1.76 bits per heavy atom. The first-order chi connectivity index (χ1) is 14.1. The predicted octanol–water partition coefficient (Wildman–Crippen LogP) is 2.10. The zero-order valence-electron chi connectivity index (χ0n) is 16.3. The van der Waals surface area contributed by atoms with Crippen LogP contribution in [0.2, 0.25) is 0 Å². The number of rotatable bonds is 8. The average molecular weight is 394 g/mol. The molecule has 1 N–H and O–H groups in total. The van der Waals surface area contributed by atoms with Crippen molar-refractivity contribution >= 4 is 11.9 Å². The fourth-order valence-electron chi connectivity index (χ4n) is 2.74. The molecule has 3 aromatic rings. The quantitative estimate of drug-likeness (QED) is 0.588. The number of carbonyl (C=O) groups excluding carboxylic acids is 2. The topological polar surface area (TPSA) is 95.3 Å². The number of hydrogen-bond donors (Lipinski definition) is 1. The Bertz CT molecular complexity index is 985. The molecular weight excluding hydrogens is 372 g/mol. The monoisotopic (exact) mass is 394 g/mol. The van der Waals surface area contributed by atoms with Crippen LogP contribution in [0.1, 0.15) is 21.7 Å². The molecule has 2 aromatic carbocycles. The van der Waals surface area contributed by atoms with Crippen molar-refractivity contribution in [3.8, 4) is 11.4 Å². The van der Waals surface area contributed by atoms with Crippen molar-refractivity contribution in [2.75, 3.05) is 20.3 Å². The predicted molar refractivity (Wildman–Crippen MR) is 106 cm³/mol. The SMILES string of the molecule is COc1ccccc1CCNC(=O)COC(=O)c1nn(-c2ccccc2)nc1C. The van der Waals surface area contributed by atoms with E-state index in [2.05, 4.69) is 15.5 Å². The van der Waals surface area contributed by atoms with Gasteiger partial charge in [0.25, 0.3) is 5.91 Å². The highest BCUT2D eigenvalue weighted by molar-refractivity contribution is 5.90. The van der Waals surface area contributed by atoms with Gasteiger partial charge in [0.05, 0.1) is 18.5 Å². The lowest BCUT2D eigenvalue weighted by molar-refractivity contribution is -0.124. The normalized spacial score (nSPS) is 10.4. The van der Waals surface area contributed by atoms with E-state index in [-0.39, 0.29) is 18.2 Å². The van der Waals surface area contributed by atoms with Crippen LogP contribution in [0.4, 0.5) is 0 Å². The number of aryl methyl sites for hydroxylation is 1. The second-order valence-electron chi connectivity index (χ2n) is 6.25. The molecule has 3 rings (SSSR count). The van der Waals surface area contributed by atoms with Gasteiger partial charge in [0, 0.05) is 6.54 Å². The zero-order chi connectivity index (χ0) is 20.6. The standard InChI is InChI=1S/C21H22N4O4/c1-15-20(24-25(23-15)17-9-4-3-5-10-17)21(27)29-14-19(26)22-13-12-16-8-6-7-11-18(16)28-2/h3-11H,12-14H2,1-2H3,(H,22,26). The van der Waals surface area contributed by atoms with Gasteiger partial charge in [-0.15, -0.1) is 5.10 Å². The smallest absolute Gasteiger partial charge is 0.361 e. The maximum atomic E-state index is 12.3. The summed E-state index contributed by atoms with van der Waals surface area (Å²) in [6.45, 7) is 1.68. The molecule has 0 bridgehead atoms. The molecule has 1 amide bonds. The molecule has 150 valence electrons. The van der Waals surface area contributed by atoms with Crippen LogP contribution in [-0.4, -0.2) is 47.1 Å². The van der Waals surface area contributed by atoms with E-state index in [0.29, 0.717) is 18.7 Å². The molecular formula is C21H22N4O4. The number of ether oxygens (including phenoxy) is 2. The van der Waals surface area contributed by atoms with E-state index >= 15 is 0 Å². The molecule has 0 fully saturated rings. The molecule has 0 saturated heterocycles. The Morgan fingerprint density at radius 1 is 1.03 bits per heavy atom. The number of benzene rings is 2. The first kappa shape index (κ1) is 20.1. The highest BCUT2D eigenvalue weighted by Gasteiger charge is 2.19. The van der Waals surface area contributed by atoms with E-state index in [9.17, 15) is 9.59 Å². The van der Waals surface area contributed by atoms with Crippen LogP contribution >= 0.6 is 0 Å². The maximum Gasteiger partial charge on any atom is 0.361 e. The minimum atomic E-state index is -0.690. The van der Waals surface area contributed by atoms with E-state index < -0.39 is 5.97 Å². The van der Waals surface area contributed by atoms with Crippen LogP contribution in [0.3, 0.4) is 0 Å². The van der Waals surface area contributed by atoms with Gasteiger partial charge in [0.1, 0.15) is 5.75 Å². The number of esters is 1. The Balaban J connectivity index is 1.49. The molecule has 0 saturated carbocycles. The molecule has 0 aliphatic carbocycles. The second kappa shape index (κ2) is 9.50. The summed E-state index contributed by atoms with van der Waals surface area (Å²) >= 11 is 0. The third-order valence-electron chi connectivity index (χ3n) is 4.21. The number of nitrogens with one attached hydrogen (secondary N) is 1. The largest absolute Gasteiger partial charge is 0.496 e. The number of nitrogens with zero attached hydrogens (tertiary/aromatic N) is 3. The van der Waals surface area contributed by atoms with Crippen molar-refractivity contribution in [3.63, 3.8) is 0 Å². The summed E-state index contributed by atoms with van der Waals surface area (Å²) in [5, 5.41) is 11.1. The highest BCUT2D eigenvalue weighted by Crippen LogP contribution is 2.17. The van der Waals surface area contributed by atoms with Crippen molar-refractivity contribution in [2.45, 2.75) is 13.3 Å². The lowest BCUT2D eigenvalue weighted by Crippen LogP contribution is -2.30. The molecule has 0 atom stereocenters. The van der Waals surface area contributed by atoms with Gasteiger partial charge in [-0.05, 0) is 37.1 Å². The van der Waals surface area contributed by atoms with Gasteiger partial charge in [-0.3, -0.25) is 4.79 Å². The molecule has 0 unspecified atom stereocenters. The van der Waals surface area contributed by atoms with Crippen molar-refractivity contribution in [3.05, 3.63) is 71.5 Å². The molecule has 8 nitrogen and oxygen atoms in total. The first-order valence-corrected chi connectivity index (χ1v) is 9.13. The minimum absolute atomic E-state index is 0.0793. The molecule has 0 spiro atoms. The van der Waals surface area contributed by atoms with Crippen LogP contribution in [0.5, 0.6) is 5.75 Å². The number of aromatic nitrogens is 3. The van der Waals surface area contributed by atoms with Crippen molar-refractivity contribution in [1.29, 1.82) is 0 Å². The molecule has 0 aliphatic heterocycles. The number of carbonyl (C=O) groups is 2. The number of amides is 1. The summed E-state index contributed by atoms with van der Waals surface area (Å²) in [4.78, 5) is 25.6. The lowest BCUT2D eigenvalue weighted by atomic mass is 10.1. The number of methoxy groups -OCH3 is 1. The van der Waals surface area contributed by atoms with Crippen LogP contribution in [0.15, 0.2) is 54.6 Å². The first-order valence-electron chi connectivity index (χ1n) is 9.13. The summed E-state index contributed by atoms with van der Waals surface area (Å²) in [5.41, 5.74) is 2.22. The Hall–Kier alpha value is -3.68. The van der Waals surface area contributed by atoms with Gasteiger partial charge >= 0.3 is 5.97 Å². The van der Waals surface area contributed by atoms with E-state index in [0.717, 1.165) is 17.0 Å². The van der Waals surface area contributed by atoms with E-state index in [1.807, 2.05) is 54.6 Å². The molecule has 0 radical (unpaired) electrons. The van der Waals surface area contributed by atoms with Crippen LogP contribution in [0.25, 0.3) is 5.69 Å². The molecule has 1 heterocycles. The summed E-state index contributed by atoms with van der Waals surface area (Å²) in [7, 11) is 1.60. The molecule has 0 aliphatic rings. The fraction of sp³-hybridized carbons (Fsp3) is 0.238. The lowest BCUT2D eigenvalue weighted by Gasteiger charge is -2.09. The van der Waals surface area contributed by atoms with E-state index in [1.54, 1.807) is 14.0 Å². The number of hydrogen-bond acceptors (Lipinski definition) is 6. The Labute approximate surface area is 168 Å². The van der Waals surface area contributed by atoms with Gasteiger partial charge in [-0.1, -0.05) is 36.4 Å². The summed E-state index contributed by atoms with van der Waals surface area (Å²) in [5.74, 6) is -0.309. The maximum absolute atomic E-state index is 12.3. The molecule has 8 heteroatoms. The van der Waals surface area contributed by atoms with Crippen molar-refractivity contribution in [2.24, 2.45) is 0 Å². The summed E-state index contributed by atoms with van der Waals surface area (Å²) in [6.07, 6.45) is 0.605. The van der Waals surface area contributed by atoms with Crippen LogP contribution < -0.4 is 10.1 Å². The fourth-order valence-corrected chi connectivity index (χ4v) is 2.74. The van der Waals surface area contributed by atoms with Gasteiger partial charge in [-0.2, -0.15) is 9.90 Å². The Morgan fingerprint density at radius 3 is 2.52 bits per heavy atom. The zero-order valence-corrected chi connectivity index (χ0v) is 16.3. The third kappa shape index (κ3) is 5.19. The van der Waals surface area contributed by atoms with Crippen molar-refractivity contribution in [1.82, 2.24) is 20.3 Å². The van der Waals surface area contributed by atoms with Crippen LogP contribution in [-0.2, 0) is 16.0 Å².